The van der Waals surface area contributed by atoms with E-state index >= 15 is 0 Å². The number of para-hydroxylation sites is 1. The summed E-state index contributed by atoms with van der Waals surface area (Å²) in [7, 11) is 0. The summed E-state index contributed by atoms with van der Waals surface area (Å²) in [6.07, 6.45) is 0. The summed E-state index contributed by atoms with van der Waals surface area (Å²) in [5.41, 5.74) is 22.0. The van der Waals surface area contributed by atoms with Crippen LogP contribution in [0, 0.1) is 0 Å². The molecule has 0 fully saturated rings. The summed E-state index contributed by atoms with van der Waals surface area (Å²) in [5.74, 6) is 0. The van der Waals surface area contributed by atoms with Crippen LogP contribution in [-0.4, -0.2) is 0 Å². The number of hydrogen-bond donors (Lipinski definition) is 0. The molecule has 0 radical (unpaired) electrons. The van der Waals surface area contributed by atoms with Gasteiger partial charge < -0.3 is 9.32 Å². The van der Waals surface area contributed by atoms with Crippen LogP contribution in [-0.2, 0) is 10.8 Å². The molecule has 0 amide bonds. The van der Waals surface area contributed by atoms with Crippen LogP contribution in [0.4, 0.5) is 17.1 Å². The van der Waals surface area contributed by atoms with E-state index in [2.05, 4.69) is 241 Å². The molecule has 0 bridgehead atoms. The minimum absolute atomic E-state index is 0.482. The van der Waals surface area contributed by atoms with Crippen molar-refractivity contribution in [2.45, 2.75) is 10.8 Å². The Morgan fingerprint density at radius 1 is 0.297 bits per heavy atom. The van der Waals surface area contributed by atoms with E-state index in [-0.39, 0.29) is 0 Å². The fourth-order valence-electron chi connectivity index (χ4n) is 12.2. The lowest BCUT2D eigenvalue weighted by Crippen LogP contribution is -2.28. The highest BCUT2D eigenvalue weighted by Gasteiger charge is 2.52. The summed E-state index contributed by atoms with van der Waals surface area (Å²) in [5, 5.41) is 2.19. The third-order valence-corrected chi connectivity index (χ3v) is 14.6. The fraction of sp³-hybridized carbons (Fsp3) is 0.0323. The minimum Gasteiger partial charge on any atom is -0.456 e. The second-order valence-electron chi connectivity index (χ2n) is 17.5. The molecule has 1 heterocycles. The maximum Gasteiger partial charge on any atom is 0.137 e. The molecule has 1 aromatic heterocycles. The van der Waals surface area contributed by atoms with Gasteiger partial charge in [0.05, 0.1) is 21.9 Å². The van der Waals surface area contributed by atoms with Crippen molar-refractivity contribution >= 4 is 39.0 Å². The van der Waals surface area contributed by atoms with Crippen LogP contribution in [0.3, 0.4) is 0 Å². The molecule has 0 unspecified atom stereocenters. The maximum atomic E-state index is 6.62. The van der Waals surface area contributed by atoms with Crippen LogP contribution < -0.4 is 4.90 Å². The molecule has 0 atom stereocenters. The van der Waals surface area contributed by atoms with Crippen molar-refractivity contribution in [3.63, 3.8) is 0 Å². The van der Waals surface area contributed by atoms with Gasteiger partial charge >= 0.3 is 0 Å². The second kappa shape index (κ2) is 13.2. The molecule has 2 heteroatoms. The number of benzene rings is 10. The summed E-state index contributed by atoms with van der Waals surface area (Å²) in [6.45, 7) is 0. The predicted molar refractivity (Wildman–Crippen MR) is 262 cm³/mol. The summed E-state index contributed by atoms with van der Waals surface area (Å²) < 4.78 is 6.62. The molecule has 298 valence electrons. The Labute approximate surface area is 372 Å². The maximum absolute atomic E-state index is 6.62. The van der Waals surface area contributed by atoms with E-state index in [4.69, 9.17) is 4.42 Å². The van der Waals surface area contributed by atoms with Crippen molar-refractivity contribution in [1.82, 2.24) is 0 Å². The molecule has 14 rings (SSSR count). The molecule has 10 aromatic carbocycles. The molecule has 2 nitrogen and oxygen atoms in total. The number of fused-ring (bicyclic) bond motifs is 16. The van der Waals surface area contributed by atoms with E-state index in [1.807, 2.05) is 0 Å². The van der Waals surface area contributed by atoms with Crippen LogP contribution in [0.5, 0.6) is 0 Å². The molecule has 3 aliphatic carbocycles. The highest BCUT2D eigenvalue weighted by atomic mass is 16.3. The zero-order valence-corrected chi connectivity index (χ0v) is 34.9. The first-order valence-electron chi connectivity index (χ1n) is 22.3. The topological polar surface area (TPSA) is 16.4 Å². The third kappa shape index (κ3) is 4.49. The number of nitrogens with zero attached hydrogens (tertiary/aromatic N) is 1. The molecular weight excluding hydrogens is 775 g/mol. The standard InChI is InChI=1S/C62H39NO/c1-3-18-40(19-4-1)61(41-20-5-2-6-21-41)51-27-12-7-24-46(51)48-36-34-42(38-55(48)61)63(57-31-17-33-59-60(57)50-26-11-16-32-58(50)64-59)43-35-37-49-47-25-10-15-30-54(47)62(56(49)39-43)52-28-13-8-22-44(52)45-23-9-14-29-53(45)62/h1-39H. The first-order chi connectivity index (χ1) is 31.8. The van der Waals surface area contributed by atoms with Gasteiger partial charge in [0, 0.05) is 16.8 Å². The van der Waals surface area contributed by atoms with Gasteiger partial charge in [-0.2, -0.15) is 0 Å². The van der Waals surface area contributed by atoms with Gasteiger partial charge in [0.2, 0.25) is 0 Å². The van der Waals surface area contributed by atoms with Crippen LogP contribution in [0.1, 0.15) is 44.5 Å². The lowest BCUT2D eigenvalue weighted by Gasteiger charge is -2.35. The Morgan fingerprint density at radius 2 is 0.703 bits per heavy atom. The average Bonchev–Trinajstić information content (AvgIpc) is 4.08. The van der Waals surface area contributed by atoms with E-state index < -0.39 is 10.8 Å². The molecule has 3 aliphatic rings. The van der Waals surface area contributed by atoms with Crippen molar-refractivity contribution in [1.29, 1.82) is 0 Å². The Bertz CT molecular complexity index is 3480. The zero-order valence-electron chi connectivity index (χ0n) is 34.9. The first kappa shape index (κ1) is 35.4. The largest absolute Gasteiger partial charge is 0.456 e. The molecule has 0 N–H and O–H groups in total. The van der Waals surface area contributed by atoms with Gasteiger partial charge in [0.25, 0.3) is 0 Å². The van der Waals surface area contributed by atoms with Crippen molar-refractivity contribution in [3.8, 4) is 33.4 Å². The van der Waals surface area contributed by atoms with Gasteiger partial charge in [-0.25, -0.2) is 0 Å². The van der Waals surface area contributed by atoms with Crippen molar-refractivity contribution in [2.24, 2.45) is 0 Å². The number of rotatable bonds is 5. The van der Waals surface area contributed by atoms with Crippen LogP contribution >= 0.6 is 0 Å². The lowest BCUT2D eigenvalue weighted by atomic mass is 9.67. The molecule has 64 heavy (non-hydrogen) atoms. The highest BCUT2D eigenvalue weighted by Crippen LogP contribution is 2.64. The van der Waals surface area contributed by atoms with Crippen LogP contribution in [0.25, 0.3) is 55.3 Å². The monoisotopic (exact) mass is 813 g/mol. The van der Waals surface area contributed by atoms with Crippen LogP contribution in [0.15, 0.2) is 241 Å². The quantitative estimate of drug-likeness (QED) is 0.172. The van der Waals surface area contributed by atoms with Gasteiger partial charge in [-0.05, 0) is 120 Å². The number of anilines is 3. The molecule has 1 spiro atoms. The first-order valence-corrected chi connectivity index (χ1v) is 22.3. The van der Waals surface area contributed by atoms with Gasteiger partial charge in [-0.3, -0.25) is 0 Å². The second-order valence-corrected chi connectivity index (χ2v) is 17.5. The average molecular weight is 814 g/mol. The third-order valence-electron chi connectivity index (χ3n) is 14.6. The molecule has 0 saturated heterocycles. The summed E-state index contributed by atoms with van der Waals surface area (Å²) in [6, 6.07) is 87.7. The zero-order chi connectivity index (χ0) is 42.0. The molecular formula is C62H39NO. The SMILES string of the molecule is c1ccc(C2(c3ccccc3)c3ccccc3-c3ccc(N(c4ccc5c(c4)C4(c6ccccc6-c6ccccc64)c4ccccc4-5)c4cccc5oc6ccccc6c45)cc32)cc1. The van der Waals surface area contributed by atoms with Crippen LogP contribution in [0.2, 0.25) is 0 Å². The molecule has 0 aliphatic heterocycles. The van der Waals surface area contributed by atoms with Crippen molar-refractivity contribution in [3.05, 3.63) is 281 Å². The number of hydrogen-bond acceptors (Lipinski definition) is 2. The Kier molecular flexibility index (Phi) is 7.28. The minimum atomic E-state index is -0.550. The van der Waals surface area contributed by atoms with E-state index in [1.165, 1.54) is 77.9 Å². The van der Waals surface area contributed by atoms with Gasteiger partial charge in [-0.1, -0.05) is 194 Å². The van der Waals surface area contributed by atoms with E-state index in [1.54, 1.807) is 0 Å². The summed E-state index contributed by atoms with van der Waals surface area (Å²) in [4.78, 5) is 2.50. The molecule has 11 aromatic rings. The Balaban J connectivity index is 1.09. The highest BCUT2D eigenvalue weighted by molar-refractivity contribution is 6.13. The normalized spacial score (nSPS) is 14.2. The molecule has 0 saturated carbocycles. The van der Waals surface area contributed by atoms with E-state index in [0.29, 0.717) is 0 Å². The lowest BCUT2D eigenvalue weighted by molar-refractivity contribution is 0.669. The number of furan rings is 1. The Morgan fingerprint density at radius 3 is 1.23 bits per heavy atom. The van der Waals surface area contributed by atoms with Gasteiger partial charge in [-0.15, -0.1) is 0 Å². The van der Waals surface area contributed by atoms with E-state index in [0.717, 1.165) is 39.0 Å². The fourth-order valence-corrected chi connectivity index (χ4v) is 12.2. The predicted octanol–water partition coefficient (Wildman–Crippen LogP) is 15.8. The van der Waals surface area contributed by atoms with Gasteiger partial charge in [0.15, 0.2) is 0 Å². The summed E-state index contributed by atoms with van der Waals surface area (Å²) >= 11 is 0. The van der Waals surface area contributed by atoms with Gasteiger partial charge in [0.1, 0.15) is 11.2 Å². The Hall–Kier alpha value is -8.20. The smallest absolute Gasteiger partial charge is 0.137 e. The van der Waals surface area contributed by atoms with Crippen molar-refractivity contribution in [2.75, 3.05) is 4.90 Å². The van der Waals surface area contributed by atoms with E-state index in [9.17, 15) is 0 Å². The van der Waals surface area contributed by atoms with Crippen molar-refractivity contribution < 1.29 is 4.42 Å².